The molecule has 0 amide bonds. The van der Waals surface area contributed by atoms with E-state index in [0.29, 0.717) is 0 Å². The molecular formula is C12H28ClPSi. The molecule has 0 rings (SSSR count). The molecule has 0 atom stereocenters. The van der Waals surface area contributed by atoms with Crippen LogP contribution in [0.4, 0.5) is 0 Å². The number of hydrogen-bond donors (Lipinski definition) is 0. The molecule has 0 aromatic rings. The lowest BCUT2D eigenvalue weighted by Crippen LogP contribution is -2.33. The maximum Gasteiger partial charge on any atom is 0.0703 e. The van der Waals surface area contributed by atoms with E-state index in [2.05, 4.69) is 66.6 Å². The monoisotopic (exact) mass is 266 g/mol. The van der Waals surface area contributed by atoms with Gasteiger partial charge in [0.1, 0.15) is 0 Å². The first kappa shape index (κ1) is 15.8. The molecule has 0 aliphatic heterocycles. The van der Waals surface area contributed by atoms with E-state index in [4.69, 9.17) is 11.2 Å². The van der Waals surface area contributed by atoms with Crippen LogP contribution in [-0.2, 0) is 0 Å². The number of rotatable bonds is 1. The highest BCUT2D eigenvalue weighted by atomic mass is 35.7. The van der Waals surface area contributed by atoms with Gasteiger partial charge >= 0.3 is 0 Å². The molecule has 0 saturated carbocycles. The van der Waals surface area contributed by atoms with Crippen LogP contribution in [0.15, 0.2) is 0 Å². The van der Waals surface area contributed by atoms with E-state index < -0.39 is 14.3 Å². The molecular weight excluding hydrogens is 239 g/mol. The molecule has 0 bridgehead atoms. The van der Waals surface area contributed by atoms with Gasteiger partial charge in [0.05, 0.1) is 8.07 Å². The van der Waals surface area contributed by atoms with Gasteiger partial charge in [-0.2, -0.15) is 0 Å². The molecule has 3 heteroatoms. The Balaban J connectivity index is 5.77. The molecule has 0 nitrogen and oxygen atoms in total. The normalized spacial score (nSPS) is 15.3. The molecule has 0 aliphatic carbocycles. The van der Waals surface area contributed by atoms with Crippen LogP contribution in [0.2, 0.25) is 19.6 Å². The summed E-state index contributed by atoms with van der Waals surface area (Å²) < 4.78 is 0. The second-order valence-electron chi connectivity index (χ2n) is 7.47. The van der Waals surface area contributed by atoms with Crippen LogP contribution in [0.5, 0.6) is 0 Å². The standard InChI is InChI=1S/C12H28ClPSi/c1-11(2,3)14(13,12(4,5)6)10-15(7,8)9/h10H,1-9H3. The smallest absolute Gasteiger partial charge is 0.0703 e. The molecule has 0 unspecified atom stereocenters. The van der Waals surface area contributed by atoms with Gasteiger partial charge in [0.2, 0.25) is 0 Å². The fraction of sp³-hybridized carbons (Fsp3) is 0.917. The SMILES string of the molecule is CC(C)(C)P(Cl)(=C[Si](C)(C)C)C(C)(C)C. The second-order valence-corrected chi connectivity index (χ2v) is 18.8. The number of hydrogen-bond acceptors (Lipinski definition) is 0. The predicted octanol–water partition coefficient (Wildman–Crippen LogP) is 5.43. The fourth-order valence-electron chi connectivity index (χ4n) is 1.93. The van der Waals surface area contributed by atoms with Crippen molar-refractivity contribution in [1.29, 1.82) is 0 Å². The zero-order valence-corrected chi connectivity index (χ0v) is 14.6. The lowest BCUT2D eigenvalue weighted by molar-refractivity contribution is 0.716. The summed E-state index contributed by atoms with van der Waals surface area (Å²) in [6, 6.07) is 0. The van der Waals surface area contributed by atoms with Crippen LogP contribution in [0, 0.1) is 0 Å². The molecule has 92 valence electrons. The van der Waals surface area contributed by atoms with Gasteiger partial charge in [0.25, 0.3) is 0 Å². The van der Waals surface area contributed by atoms with Crippen molar-refractivity contribution in [2.24, 2.45) is 0 Å². The Morgan fingerprint density at radius 3 is 1.20 bits per heavy atom. The summed E-state index contributed by atoms with van der Waals surface area (Å²) >= 11 is 7.07. The van der Waals surface area contributed by atoms with Crippen LogP contribution in [0.25, 0.3) is 0 Å². The largest absolute Gasteiger partial charge is 0.0974 e. The van der Waals surface area contributed by atoms with Crippen molar-refractivity contribution in [2.75, 3.05) is 0 Å². The molecule has 0 N–H and O–H groups in total. The van der Waals surface area contributed by atoms with E-state index in [0.717, 1.165) is 0 Å². The van der Waals surface area contributed by atoms with E-state index in [1.807, 2.05) is 0 Å². The van der Waals surface area contributed by atoms with E-state index in [9.17, 15) is 0 Å². The quantitative estimate of drug-likeness (QED) is 0.438. The van der Waals surface area contributed by atoms with E-state index in [-0.39, 0.29) is 10.3 Å². The van der Waals surface area contributed by atoms with Gasteiger partial charge in [-0.25, -0.2) is 0 Å². The average Bonchev–Trinajstić information content (AvgIpc) is 1.77. The summed E-state index contributed by atoms with van der Waals surface area (Å²) in [4.78, 5) is 0. The molecule has 0 saturated heterocycles. The van der Waals surface area contributed by atoms with Crippen molar-refractivity contribution in [3.05, 3.63) is 0 Å². The summed E-state index contributed by atoms with van der Waals surface area (Å²) in [6.07, 6.45) is -1.55. The van der Waals surface area contributed by atoms with Crippen molar-refractivity contribution in [3.63, 3.8) is 0 Å². The Kier molecular flexibility index (Phi) is 4.47. The molecule has 15 heavy (non-hydrogen) atoms. The maximum atomic E-state index is 7.07. The lowest BCUT2D eigenvalue weighted by Gasteiger charge is -2.45. The van der Waals surface area contributed by atoms with E-state index >= 15 is 0 Å². The second kappa shape index (κ2) is 4.24. The van der Waals surface area contributed by atoms with Gasteiger partial charge in [-0.3, -0.25) is 0 Å². The summed E-state index contributed by atoms with van der Waals surface area (Å²) in [5.74, 6) is 0. The molecule has 0 aromatic carbocycles. The van der Waals surface area contributed by atoms with Crippen LogP contribution >= 0.6 is 17.5 Å². The Bertz CT molecular complexity index is 255. The summed E-state index contributed by atoms with van der Waals surface area (Å²) in [5.41, 5.74) is 2.56. The van der Waals surface area contributed by atoms with Gasteiger partial charge < -0.3 is 0 Å². The minimum absolute atomic E-state index is 0.201. The minimum Gasteiger partial charge on any atom is -0.0974 e. The van der Waals surface area contributed by atoms with Gasteiger partial charge in [-0.05, 0) is 16.6 Å². The lowest BCUT2D eigenvalue weighted by atomic mass is 10.2. The third kappa shape index (κ3) is 3.95. The topological polar surface area (TPSA) is 0 Å². The average molecular weight is 267 g/mol. The van der Waals surface area contributed by atoms with Gasteiger partial charge in [0, 0.05) is 0 Å². The number of halogens is 1. The van der Waals surface area contributed by atoms with Crippen LogP contribution in [-0.4, -0.2) is 23.8 Å². The molecule has 0 radical (unpaired) electrons. The maximum absolute atomic E-state index is 7.07. The first-order valence-corrected chi connectivity index (χ1v) is 12.0. The zero-order chi connectivity index (χ0) is 12.7. The highest BCUT2D eigenvalue weighted by Gasteiger charge is 2.40. The van der Waals surface area contributed by atoms with Crippen LogP contribution in [0.3, 0.4) is 0 Å². The first-order valence-electron chi connectivity index (χ1n) is 5.66. The van der Waals surface area contributed by atoms with Crippen molar-refractivity contribution < 1.29 is 0 Å². The molecule has 0 aromatic heterocycles. The van der Waals surface area contributed by atoms with Crippen molar-refractivity contribution in [3.8, 4) is 0 Å². The highest BCUT2D eigenvalue weighted by Crippen LogP contribution is 2.71. The Labute approximate surface area is 103 Å². The zero-order valence-electron chi connectivity index (χ0n) is 11.9. The summed E-state index contributed by atoms with van der Waals surface area (Å²) in [7, 11) is -1.22. The minimum atomic E-state index is -1.55. The Hall–Kier alpha value is 0.807. The molecule has 0 aliphatic rings. The first-order chi connectivity index (χ1) is 6.21. The van der Waals surface area contributed by atoms with Crippen molar-refractivity contribution >= 4 is 31.0 Å². The van der Waals surface area contributed by atoms with Crippen LogP contribution < -0.4 is 0 Å². The van der Waals surface area contributed by atoms with Gasteiger partial charge in [0.15, 0.2) is 0 Å². The summed E-state index contributed by atoms with van der Waals surface area (Å²) in [5, 5.41) is 0.403. The fourth-order valence-corrected chi connectivity index (χ4v) is 13.9. The van der Waals surface area contributed by atoms with E-state index in [1.54, 1.807) is 0 Å². The van der Waals surface area contributed by atoms with Gasteiger partial charge in [-0.15, -0.1) is 0 Å². The highest BCUT2D eigenvalue weighted by molar-refractivity contribution is 8.01. The van der Waals surface area contributed by atoms with Crippen LogP contribution in [0.1, 0.15) is 41.5 Å². The third-order valence-electron chi connectivity index (χ3n) is 2.52. The van der Waals surface area contributed by atoms with E-state index in [1.165, 1.54) is 0 Å². The summed E-state index contributed by atoms with van der Waals surface area (Å²) in [6.45, 7) is 20.9. The van der Waals surface area contributed by atoms with Gasteiger partial charge in [-0.1, -0.05) is 77.8 Å². The predicted molar refractivity (Wildman–Crippen MR) is 81.7 cm³/mol. The Morgan fingerprint density at radius 2 is 1.13 bits per heavy atom. The van der Waals surface area contributed by atoms with Crippen molar-refractivity contribution in [2.45, 2.75) is 71.5 Å². The van der Waals surface area contributed by atoms with Crippen molar-refractivity contribution in [1.82, 2.24) is 0 Å². The molecule has 0 fully saturated rings. The third-order valence-corrected chi connectivity index (χ3v) is 14.9. The Morgan fingerprint density at radius 1 is 0.867 bits per heavy atom. The molecule has 0 spiro atoms. The molecule has 0 heterocycles.